The molecule has 0 radical (unpaired) electrons. The molecule has 2 unspecified atom stereocenters. The van der Waals surface area contributed by atoms with Crippen molar-refractivity contribution in [3.63, 3.8) is 0 Å². The molecule has 1 N–H and O–H groups in total. The second-order valence-corrected chi connectivity index (χ2v) is 7.69. The van der Waals surface area contributed by atoms with Crippen molar-refractivity contribution in [3.8, 4) is 5.69 Å². The minimum atomic E-state index is -1.93. The van der Waals surface area contributed by atoms with Crippen LogP contribution in [-0.4, -0.2) is 19.5 Å². The minimum absolute atomic E-state index is 0.0977. The summed E-state index contributed by atoms with van der Waals surface area (Å²) in [7, 11) is 0. The van der Waals surface area contributed by atoms with Crippen LogP contribution >= 0.6 is 0 Å². The normalized spacial score (nSPS) is 14.7. The van der Waals surface area contributed by atoms with Crippen molar-refractivity contribution >= 4 is 21.8 Å². The fourth-order valence-electron chi connectivity index (χ4n) is 3.91. The van der Waals surface area contributed by atoms with E-state index in [2.05, 4.69) is 5.10 Å². The van der Waals surface area contributed by atoms with Gasteiger partial charge in [0.25, 0.3) is 0 Å². The van der Waals surface area contributed by atoms with Crippen LogP contribution in [-0.2, 0) is 5.60 Å². The van der Waals surface area contributed by atoms with Gasteiger partial charge < -0.3 is 9.67 Å². The smallest absolute Gasteiger partial charge is 0.209 e. The molecule has 2 heterocycles. The molecule has 0 amide bonds. The second-order valence-electron chi connectivity index (χ2n) is 7.69. The number of para-hydroxylation sites is 1. The molecule has 2 atom stereocenters. The third kappa shape index (κ3) is 3.09. The zero-order valence-electron chi connectivity index (χ0n) is 16.5. The van der Waals surface area contributed by atoms with Crippen LogP contribution in [0.1, 0.15) is 18.8 Å². The Bertz CT molecular complexity index is 1400. The summed E-state index contributed by atoms with van der Waals surface area (Å²) in [4.78, 5) is 0. The molecule has 0 aliphatic heterocycles. The average Bonchev–Trinajstić information content (AvgIpc) is 3.38. The van der Waals surface area contributed by atoms with Crippen LogP contribution in [0.2, 0.25) is 0 Å². The van der Waals surface area contributed by atoms with Crippen LogP contribution < -0.4 is 0 Å². The number of benzene rings is 3. The van der Waals surface area contributed by atoms with Crippen LogP contribution in [0.5, 0.6) is 0 Å². The first kappa shape index (κ1) is 19.4. The van der Waals surface area contributed by atoms with E-state index in [1.54, 1.807) is 59.4 Å². The van der Waals surface area contributed by atoms with Crippen LogP contribution in [0.4, 0.5) is 13.2 Å². The first-order valence-electron chi connectivity index (χ1n) is 9.72. The van der Waals surface area contributed by atoms with Gasteiger partial charge in [-0.2, -0.15) is 5.10 Å². The molecule has 3 aromatic carbocycles. The van der Waals surface area contributed by atoms with E-state index in [1.165, 1.54) is 31.3 Å². The Morgan fingerprint density at radius 3 is 2.52 bits per heavy atom. The van der Waals surface area contributed by atoms with Crippen molar-refractivity contribution in [1.29, 1.82) is 0 Å². The summed E-state index contributed by atoms with van der Waals surface area (Å²) < 4.78 is 45.8. The number of fused-ring (bicyclic) bond motifs is 2. The van der Waals surface area contributed by atoms with Gasteiger partial charge in [0.1, 0.15) is 17.2 Å². The minimum Gasteiger partial charge on any atom is -0.380 e. The topological polar surface area (TPSA) is 43.0 Å². The van der Waals surface area contributed by atoms with Gasteiger partial charge in [-0.05, 0) is 61.0 Å². The van der Waals surface area contributed by atoms with E-state index in [-0.39, 0.29) is 11.3 Å². The summed E-state index contributed by atoms with van der Waals surface area (Å²) in [5.41, 5.74) is -0.113. The third-order valence-electron chi connectivity index (χ3n) is 5.62. The number of hydrogen-bond acceptors (Lipinski definition) is 2. The van der Waals surface area contributed by atoms with Gasteiger partial charge in [0, 0.05) is 17.0 Å². The fraction of sp³-hybridized carbons (Fsp3) is 0.125. The Hall–Kier alpha value is -3.58. The standard InChI is InChI=1S/C24H18F3N3O/c1-24(31,23(27)29-12-11-15-3-2-4-20(26)22(15)29)17-5-10-21-16(13-17)14-28-30(21)19-8-6-18(25)7-9-19/h2-14,23,31H,1H3. The van der Waals surface area contributed by atoms with Gasteiger partial charge in [-0.1, -0.05) is 18.2 Å². The van der Waals surface area contributed by atoms with Crippen LogP contribution in [0.25, 0.3) is 27.5 Å². The molecule has 4 nitrogen and oxygen atoms in total. The predicted octanol–water partition coefficient (Wildman–Crippen LogP) is 5.63. The molecule has 0 aliphatic rings. The van der Waals surface area contributed by atoms with Gasteiger partial charge in [0.05, 0.1) is 22.9 Å². The van der Waals surface area contributed by atoms with Crippen molar-refractivity contribution < 1.29 is 18.3 Å². The van der Waals surface area contributed by atoms with E-state index < -0.39 is 17.7 Å². The summed E-state index contributed by atoms with van der Waals surface area (Å²) >= 11 is 0. The van der Waals surface area contributed by atoms with Crippen molar-refractivity contribution in [2.45, 2.75) is 18.8 Å². The van der Waals surface area contributed by atoms with E-state index in [1.807, 2.05) is 0 Å². The molecule has 0 saturated heterocycles. The van der Waals surface area contributed by atoms with Gasteiger partial charge in [0.2, 0.25) is 6.30 Å². The number of aromatic nitrogens is 3. The van der Waals surface area contributed by atoms with E-state index in [9.17, 15) is 13.9 Å². The lowest BCUT2D eigenvalue weighted by atomic mass is 9.93. The molecular weight excluding hydrogens is 403 g/mol. The number of aliphatic hydroxyl groups is 1. The van der Waals surface area contributed by atoms with Crippen LogP contribution in [0.15, 0.2) is 79.1 Å². The maximum Gasteiger partial charge on any atom is 0.209 e. The van der Waals surface area contributed by atoms with Gasteiger partial charge >= 0.3 is 0 Å². The van der Waals surface area contributed by atoms with Crippen molar-refractivity contribution in [2.75, 3.05) is 0 Å². The van der Waals surface area contributed by atoms with E-state index >= 15 is 4.39 Å². The predicted molar refractivity (Wildman–Crippen MR) is 113 cm³/mol. The fourth-order valence-corrected chi connectivity index (χ4v) is 3.91. The molecule has 0 fully saturated rings. The van der Waals surface area contributed by atoms with Gasteiger partial charge in [-0.15, -0.1) is 0 Å². The SMILES string of the molecule is CC(O)(c1ccc2c(cnn2-c2ccc(F)cc2)c1)C(F)n1ccc2cccc(F)c21. The highest BCUT2D eigenvalue weighted by molar-refractivity contribution is 5.82. The molecular formula is C24H18F3N3O. The molecule has 2 aromatic heterocycles. The molecule has 5 aromatic rings. The highest BCUT2D eigenvalue weighted by atomic mass is 19.1. The molecule has 5 rings (SSSR count). The van der Waals surface area contributed by atoms with Crippen molar-refractivity contribution in [3.05, 3.63) is 96.3 Å². The summed E-state index contributed by atoms with van der Waals surface area (Å²) in [6, 6.07) is 17.0. The van der Waals surface area contributed by atoms with Gasteiger partial charge in [-0.25, -0.2) is 17.9 Å². The summed E-state index contributed by atoms with van der Waals surface area (Å²) in [6.07, 6.45) is 1.10. The monoisotopic (exact) mass is 421 g/mol. The Kier molecular flexibility index (Phi) is 4.37. The van der Waals surface area contributed by atoms with E-state index in [0.29, 0.717) is 22.0 Å². The Balaban J connectivity index is 1.55. The number of rotatable bonds is 4. The van der Waals surface area contributed by atoms with Crippen LogP contribution in [0, 0.1) is 11.6 Å². The maximum atomic E-state index is 15.5. The second kappa shape index (κ2) is 6.99. The lowest BCUT2D eigenvalue weighted by Gasteiger charge is -2.29. The number of halogens is 3. The molecule has 0 saturated carbocycles. The summed E-state index contributed by atoms with van der Waals surface area (Å²) in [5, 5.41) is 16.7. The zero-order valence-corrected chi connectivity index (χ0v) is 16.5. The molecule has 0 spiro atoms. The highest BCUT2D eigenvalue weighted by Crippen LogP contribution is 2.38. The summed E-state index contributed by atoms with van der Waals surface area (Å²) in [5.74, 6) is -0.904. The van der Waals surface area contributed by atoms with Crippen molar-refractivity contribution in [2.24, 2.45) is 0 Å². The number of nitrogens with zero attached hydrogens (tertiary/aromatic N) is 3. The third-order valence-corrected chi connectivity index (χ3v) is 5.62. The maximum absolute atomic E-state index is 15.5. The highest BCUT2D eigenvalue weighted by Gasteiger charge is 2.36. The Morgan fingerprint density at radius 2 is 1.74 bits per heavy atom. The van der Waals surface area contributed by atoms with Gasteiger partial charge in [0.15, 0.2) is 0 Å². The molecule has 7 heteroatoms. The Labute approximate surface area is 175 Å². The number of hydrogen-bond donors (Lipinski definition) is 1. The average molecular weight is 421 g/mol. The lowest BCUT2D eigenvalue weighted by Crippen LogP contribution is -2.31. The largest absolute Gasteiger partial charge is 0.380 e. The molecule has 156 valence electrons. The summed E-state index contributed by atoms with van der Waals surface area (Å²) in [6.45, 7) is 1.36. The first-order chi connectivity index (χ1) is 14.9. The first-order valence-corrected chi connectivity index (χ1v) is 9.72. The van der Waals surface area contributed by atoms with E-state index in [0.717, 1.165) is 10.1 Å². The van der Waals surface area contributed by atoms with Crippen LogP contribution in [0.3, 0.4) is 0 Å². The van der Waals surface area contributed by atoms with Crippen molar-refractivity contribution in [1.82, 2.24) is 14.3 Å². The quantitative estimate of drug-likeness (QED) is 0.408. The number of alkyl halides is 1. The lowest BCUT2D eigenvalue weighted by molar-refractivity contribution is -0.0586. The Morgan fingerprint density at radius 1 is 0.968 bits per heavy atom. The van der Waals surface area contributed by atoms with E-state index in [4.69, 9.17) is 0 Å². The molecule has 0 aliphatic carbocycles. The molecule has 31 heavy (non-hydrogen) atoms. The zero-order chi connectivity index (χ0) is 21.8. The van der Waals surface area contributed by atoms with Gasteiger partial charge in [-0.3, -0.25) is 0 Å². The molecule has 0 bridgehead atoms.